The van der Waals surface area contributed by atoms with Crippen LogP contribution in [0.2, 0.25) is 0 Å². The highest BCUT2D eigenvalue weighted by Gasteiger charge is 2.42. The van der Waals surface area contributed by atoms with Crippen molar-refractivity contribution >= 4 is 83.0 Å². The molecule has 11 rings (SSSR count). The van der Waals surface area contributed by atoms with Gasteiger partial charge in [-0.05, 0) is 98.7 Å². The van der Waals surface area contributed by atoms with Crippen LogP contribution in [0.15, 0.2) is 137 Å². The minimum atomic E-state index is -0.292. The molecule has 0 fully saturated rings. The van der Waals surface area contributed by atoms with Crippen LogP contribution in [0.1, 0.15) is 112 Å². The molecule has 0 aliphatic carbocycles. The van der Waals surface area contributed by atoms with Gasteiger partial charge in [-0.2, -0.15) is 9.98 Å². The van der Waals surface area contributed by atoms with E-state index in [1.807, 2.05) is 0 Å². The summed E-state index contributed by atoms with van der Waals surface area (Å²) in [5, 5.41) is 7.45. The highest BCUT2D eigenvalue weighted by molar-refractivity contribution is 6.20. The molecule has 6 aromatic carbocycles. The highest BCUT2D eigenvalue weighted by atomic mass is 15.3. The molecule has 0 amide bonds. The van der Waals surface area contributed by atoms with Crippen molar-refractivity contribution in [3.8, 4) is 0 Å². The molecule has 3 aromatic heterocycles. The molecule has 2 aliphatic rings. The summed E-state index contributed by atoms with van der Waals surface area (Å²) in [7, 11) is 0. The van der Waals surface area contributed by atoms with Crippen molar-refractivity contribution < 1.29 is 0 Å². The van der Waals surface area contributed by atoms with Crippen molar-refractivity contribution in [2.75, 3.05) is 0 Å². The van der Waals surface area contributed by atoms with Crippen LogP contribution in [0.3, 0.4) is 0 Å². The summed E-state index contributed by atoms with van der Waals surface area (Å²) in [6.07, 6.45) is 0.714. The first kappa shape index (κ1) is 39.6. The van der Waals surface area contributed by atoms with Gasteiger partial charge in [-0.3, -0.25) is 13.7 Å². The molecule has 2 bridgehead atoms. The molecular weight excluding hydrogens is 767 g/mol. The lowest BCUT2D eigenvalue weighted by atomic mass is 9.67. The van der Waals surface area contributed by atoms with Gasteiger partial charge in [0.25, 0.3) is 0 Å². The van der Waals surface area contributed by atoms with E-state index < -0.39 is 0 Å². The van der Waals surface area contributed by atoms with Crippen LogP contribution in [0.4, 0.5) is 0 Å². The maximum atomic E-state index is 6.06. The number of para-hydroxylation sites is 4. The number of nitrogens with zero attached hydrogens (tertiary/aromatic N) is 5. The Hall–Kier alpha value is -6.20. The molecule has 9 aromatic rings. The Labute approximate surface area is 371 Å². The number of hydrogen-bond acceptors (Lipinski definition) is 2. The number of fused-ring (bicyclic) bond motifs is 11. The van der Waals surface area contributed by atoms with E-state index in [1.165, 1.54) is 76.7 Å². The maximum Gasteiger partial charge on any atom is 0.238 e. The lowest BCUT2D eigenvalue weighted by Crippen LogP contribution is -2.34. The number of aromatic nitrogens is 3. The molecule has 63 heavy (non-hydrogen) atoms. The summed E-state index contributed by atoms with van der Waals surface area (Å²) >= 11 is 0. The van der Waals surface area contributed by atoms with Gasteiger partial charge < -0.3 is 0 Å². The molecule has 0 spiro atoms. The summed E-state index contributed by atoms with van der Waals surface area (Å²) in [5.74, 6) is 2.72. The van der Waals surface area contributed by atoms with Crippen LogP contribution >= 0.6 is 0 Å². The van der Waals surface area contributed by atoms with Gasteiger partial charge in [0, 0.05) is 38.7 Å². The molecule has 5 heteroatoms. The van der Waals surface area contributed by atoms with E-state index in [1.54, 1.807) is 0 Å². The molecule has 0 unspecified atom stereocenters. The molecule has 1 atom stereocenters. The summed E-state index contributed by atoms with van der Waals surface area (Å²) in [6, 6.07) is 45.4. The number of benzene rings is 6. The molecular formula is C58H59N5. The largest absolute Gasteiger partial charge is 0.297 e. The standard InChI is InChI=1S/C58H59N5/c1-34-43-33-50(61-46-25-17-13-21-37(46)38-22-14-18-26-47(38)61)59-54(63-49-28-20-16-24-40(49)41-29-35(55(2,3)4)31-44(51(41)63)57(8,9)10)60-53(34)62-48-27-19-15-23-39(48)42-30-36(56(5,6)7)32-45(52(42)62)58(43,11)12/h13-32,43H,33H2,1-12H3/b59-50+,60-54+/t43-/m0/s1. The lowest BCUT2D eigenvalue weighted by Gasteiger charge is -2.37. The third-order valence-electron chi connectivity index (χ3n) is 14.6. The van der Waals surface area contributed by atoms with Gasteiger partial charge in [0.1, 0.15) is 11.7 Å². The molecule has 316 valence electrons. The van der Waals surface area contributed by atoms with E-state index in [9.17, 15) is 0 Å². The molecule has 0 saturated heterocycles. The van der Waals surface area contributed by atoms with Gasteiger partial charge in [0.15, 0.2) is 0 Å². The number of aliphatic imine (C=N–C) groups is 2. The second kappa shape index (κ2) is 13.2. The number of hydrogen-bond donors (Lipinski definition) is 0. The maximum absolute atomic E-state index is 6.06. The fourth-order valence-corrected chi connectivity index (χ4v) is 11.1. The van der Waals surface area contributed by atoms with Crippen molar-refractivity contribution in [1.82, 2.24) is 13.7 Å². The Kier molecular flexibility index (Phi) is 8.29. The Morgan fingerprint density at radius 2 is 0.937 bits per heavy atom. The second-order valence-electron chi connectivity index (χ2n) is 22.1. The predicted molar refractivity (Wildman–Crippen MR) is 270 cm³/mol. The normalized spacial score (nSPS) is 18.9. The average Bonchev–Trinajstić information content (AvgIpc) is 3.85. The number of rotatable bonds is 0. The van der Waals surface area contributed by atoms with Crippen LogP contribution in [0.5, 0.6) is 0 Å². The molecule has 0 radical (unpaired) electrons. The molecule has 0 N–H and O–H groups in total. The Bertz CT molecular complexity index is 3460. The zero-order chi connectivity index (χ0) is 44.1. The smallest absolute Gasteiger partial charge is 0.238 e. The van der Waals surface area contributed by atoms with Gasteiger partial charge >= 0.3 is 0 Å². The van der Waals surface area contributed by atoms with Crippen LogP contribution in [0.25, 0.3) is 71.2 Å². The van der Waals surface area contributed by atoms with Gasteiger partial charge in [-0.15, -0.1) is 0 Å². The van der Waals surface area contributed by atoms with E-state index in [4.69, 9.17) is 9.98 Å². The minimum absolute atomic E-state index is 0.0395. The van der Waals surface area contributed by atoms with Crippen molar-refractivity contribution in [2.45, 2.75) is 111 Å². The van der Waals surface area contributed by atoms with E-state index in [0.29, 0.717) is 12.4 Å². The van der Waals surface area contributed by atoms with Gasteiger partial charge in [0.2, 0.25) is 5.96 Å². The van der Waals surface area contributed by atoms with Crippen molar-refractivity contribution in [2.24, 2.45) is 15.9 Å². The zero-order valence-electron chi connectivity index (χ0n) is 39.1. The Morgan fingerprint density at radius 3 is 1.44 bits per heavy atom. The molecule has 5 heterocycles. The SMILES string of the molecule is CC1=C2/N=C(n3c4ccccc4c4cc(C(C)(C)C)cc(C(C)(C)C)c43)\N=C(\n3c4ccccc4c4ccccc43)C[C@@H]1C(C)(C)c1cc(C(C)(C)C)cc3c4ccccc4n2c13. The Balaban J connectivity index is 1.35. The van der Waals surface area contributed by atoms with Crippen LogP contribution in [-0.2, 0) is 21.7 Å². The molecule has 0 saturated carbocycles. The third-order valence-corrected chi connectivity index (χ3v) is 14.6. The first-order chi connectivity index (χ1) is 29.8. The zero-order valence-corrected chi connectivity index (χ0v) is 39.1. The minimum Gasteiger partial charge on any atom is -0.297 e. The van der Waals surface area contributed by atoms with Crippen molar-refractivity contribution in [3.05, 3.63) is 149 Å². The first-order valence-electron chi connectivity index (χ1n) is 22.9. The van der Waals surface area contributed by atoms with E-state index in [0.717, 1.165) is 28.2 Å². The average molecular weight is 826 g/mol. The van der Waals surface area contributed by atoms with Gasteiger partial charge in [-0.25, -0.2) is 0 Å². The lowest BCUT2D eigenvalue weighted by molar-refractivity contribution is 0.376. The van der Waals surface area contributed by atoms with Crippen LogP contribution < -0.4 is 0 Å². The van der Waals surface area contributed by atoms with Crippen LogP contribution in [-0.4, -0.2) is 25.5 Å². The fraction of sp³-hybridized carbons (Fsp3) is 0.310. The topological polar surface area (TPSA) is 39.5 Å². The predicted octanol–water partition coefficient (Wildman–Crippen LogP) is 15.3. The van der Waals surface area contributed by atoms with Crippen molar-refractivity contribution in [1.29, 1.82) is 0 Å². The van der Waals surface area contributed by atoms with Gasteiger partial charge in [0.05, 0.1) is 33.1 Å². The van der Waals surface area contributed by atoms with E-state index >= 15 is 0 Å². The fourth-order valence-electron chi connectivity index (χ4n) is 11.1. The van der Waals surface area contributed by atoms with Gasteiger partial charge in [-0.1, -0.05) is 161 Å². The third kappa shape index (κ3) is 5.74. The van der Waals surface area contributed by atoms with E-state index in [-0.39, 0.29) is 27.6 Å². The number of allylic oxidation sites excluding steroid dienone is 1. The summed E-state index contributed by atoms with van der Waals surface area (Å²) in [6.45, 7) is 28.3. The van der Waals surface area contributed by atoms with Crippen LogP contribution in [0, 0.1) is 5.92 Å². The summed E-state index contributed by atoms with van der Waals surface area (Å²) in [4.78, 5) is 12.1. The summed E-state index contributed by atoms with van der Waals surface area (Å²) in [5.41, 5.74) is 13.1. The first-order valence-corrected chi connectivity index (χ1v) is 22.9. The quantitative estimate of drug-likeness (QED) is 0.146. The van der Waals surface area contributed by atoms with E-state index in [2.05, 4.69) is 218 Å². The summed E-state index contributed by atoms with van der Waals surface area (Å²) < 4.78 is 7.36. The Morgan fingerprint density at radius 1 is 0.492 bits per heavy atom. The monoisotopic (exact) mass is 825 g/mol. The molecule has 2 aliphatic heterocycles. The molecule has 5 nitrogen and oxygen atoms in total. The highest BCUT2D eigenvalue weighted by Crippen LogP contribution is 2.51. The van der Waals surface area contributed by atoms with Crippen molar-refractivity contribution in [3.63, 3.8) is 0 Å². The second-order valence-corrected chi connectivity index (χ2v) is 22.1.